The lowest BCUT2D eigenvalue weighted by atomic mass is 10.8. The first kappa shape index (κ1) is 4.52. The Hall–Kier alpha value is -0.640. The van der Waals surface area contributed by atoms with Gasteiger partial charge in [0.15, 0.2) is 5.82 Å². The van der Waals surface area contributed by atoms with E-state index in [2.05, 4.69) is 15.4 Å². The van der Waals surface area contributed by atoms with Crippen LogP contribution < -0.4 is 0 Å². The summed E-state index contributed by atoms with van der Waals surface area (Å²) in [4.78, 5) is 0. The van der Waals surface area contributed by atoms with Gasteiger partial charge in [-0.3, -0.25) is 0 Å². The van der Waals surface area contributed by atoms with Gasteiger partial charge in [0.25, 0.3) is 0 Å². The SMILES string of the molecule is Cc1nnn(Cl)n1. The molecule has 7 heavy (non-hydrogen) atoms. The van der Waals surface area contributed by atoms with Crippen LogP contribution in [0.15, 0.2) is 0 Å². The van der Waals surface area contributed by atoms with Crippen molar-refractivity contribution in [3.8, 4) is 0 Å². The highest BCUT2D eigenvalue weighted by Gasteiger charge is 1.87. The fraction of sp³-hybridized carbons (Fsp3) is 0.500. The van der Waals surface area contributed by atoms with Crippen molar-refractivity contribution < 1.29 is 0 Å². The number of nitrogens with zero attached hydrogens (tertiary/aromatic N) is 4. The average Bonchev–Trinajstić information content (AvgIpc) is 1.87. The van der Waals surface area contributed by atoms with E-state index in [1.807, 2.05) is 0 Å². The lowest BCUT2D eigenvalue weighted by Gasteiger charge is -1.68. The smallest absolute Gasteiger partial charge is 0.120 e. The minimum Gasteiger partial charge on any atom is -0.120 e. The van der Waals surface area contributed by atoms with Crippen LogP contribution in [0.1, 0.15) is 5.82 Å². The summed E-state index contributed by atoms with van der Waals surface area (Å²) in [6.07, 6.45) is 0. The van der Waals surface area contributed by atoms with E-state index in [-0.39, 0.29) is 0 Å². The number of hydrogen-bond donors (Lipinski definition) is 0. The molecule has 0 aliphatic carbocycles. The monoisotopic (exact) mass is 118 g/mol. The Morgan fingerprint density at radius 3 is 2.57 bits per heavy atom. The van der Waals surface area contributed by atoms with Crippen LogP contribution in [-0.4, -0.2) is 19.7 Å². The summed E-state index contributed by atoms with van der Waals surface area (Å²) in [5, 5.41) is 10.4. The zero-order valence-corrected chi connectivity index (χ0v) is 4.42. The third-order valence-electron chi connectivity index (χ3n) is 0.490. The molecule has 0 fully saturated rings. The highest BCUT2D eigenvalue weighted by atomic mass is 35.5. The number of hydrogen-bond acceptors (Lipinski definition) is 3. The maximum absolute atomic E-state index is 5.19. The molecule has 0 aliphatic heterocycles. The van der Waals surface area contributed by atoms with E-state index in [0.29, 0.717) is 5.82 Å². The first-order valence-electron chi connectivity index (χ1n) is 1.72. The van der Waals surface area contributed by atoms with Gasteiger partial charge in [-0.1, -0.05) is 4.32 Å². The van der Waals surface area contributed by atoms with Crippen LogP contribution in [0.5, 0.6) is 0 Å². The number of halogens is 1. The van der Waals surface area contributed by atoms with Crippen molar-refractivity contribution in [1.29, 1.82) is 0 Å². The summed E-state index contributed by atoms with van der Waals surface area (Å²) in [6, 6.07) is 0. The van der Waals surface area contributed by atoms with Gasteiger partial charge in [-0.25, -0.2) is 0 Å². The molecule has 0 saturated carbocycles. The molecule has 4 nitrogen and oxygen atoms in total. The van der Waals surface area contributed by atoms with Gasteiger partial charge in [0.2, 0.25) is 0 Å². The Morgan fingerprint density at radius 1 is 1.71 bits per heavy atom. The number of tetrazole rings is 1. The Balaban J connectivity index is 3.04. The molecular weight excluding hydrogens is 116 g/mol. The summed E-state index contributed by atoms with van der Waals surface area (Å²) in [5.41, 5.74) is 0. The quantitative estimate of drug-likeness (QED) is 0.481. The summed E-state index contributed by atoms with van der Waals surface area (Å²) in [6.45, 7) is 1.71. The lowest BCUT2D eigenvalue weighted by Crippen LogP contribution is -1.82. The van der Waals surface area contributed by atoms with Crippen LogP contribution in [-0.2, 0) is 0 Å². The predicted octanol–water partition coefficient (Wildman–Crippen LogP) is -0.0166. The van der Waals surface area contributed by atoms with Crippen LogP contribution in [0.4, 0.5) is 0 Å². The normalized spacial score (nSPS) is 9.43. The summed E-state index contributed by atoms with van der Waals surface area (Å²) < 4.78 is 0.898. The molecule has 0 radical (unpaired) electrons. The molecular formula is C2H3ClN4. The van der Waals surface area contributed by atoms with Crippen LogP contribution in [0, 0.1) is 6.92 Å². The second-order valence-electron chi connectivity index (χ2n) is 1.08. The first-order valence-corrected chi connectivity index (χ1v) is 2.05. The van der Waals surface area contributed by atoms with Crippen molar-refractivity contribution >= 4 is 11.8 Å². The average molecular weight is 119 g/mol. The molecule has 0 bridgehead atoms. The van der Waals surface area contributed by atoms with E-state index in [9.17, 15) is 0 Å². The number of aryl methyl sites for hydroxylation is 1. The molecule has 1 aromatic heterocycles. The van der Waals surface area contributed by atoms with Gasteiger partial charge in [0.1, 0.15) is 0 Å². The van der Waals surface area contributed by atoms with Gasteiger partial charge in [-0.05, 0) is 12.1 Å². The molecule has 0 amide bonds. The molecule has 0 aromatic carbocycles. The molecule has 0 N–H and O–H groups in total. The molecule has 5 heteroatoms. The molecule has 0 aliphatic rings. The Labute approximate surface area is 45.2 Å². The third-order valence-corrected chi connectivity index (χ3v) is 0.634. The minimum atomic E-state index is 0.579. The topological polar surface area (TPSA) is 43.6 Å². The summed E-state index contributed by atoms with van der Waals surface area (Å²) in [5.74, 6) is 0.579. The van der Waals surface area contributed by atoms with Gasteiger partial charge in [-0.2, -0.15) is 0 Å². The van der Waals surface area contributed by atoms with Crippen molar-refractivity contribution in [2.45, 2.75) is 6.92 Å². The van der Waals surface area contributed by atoms with Gasteiger partial charge in [0, 0.05) is 0 Å². The van der Waals surface area contributed by atoms with E-state index in [1.165, 1.54) is 0 Å². The third kappa shape index (κ3) is 0.866. The van der Waals surface area contributed by atoms with Crippen LogP contribution >= 0.6 is 11.8 Å². The van der Waals surface area contributed by atoms with Gasteiger partial charge >= 0.3 is 0 Å². The van der Waals surface area contributed by atoms with E-state index in [1.54, 1.807) is 6.92 Å². The maximum atomic E-state index is 5.19. The first-order chi connectivity index (χ1) is 3.29. The van der Waals surface area contributed by atoms with E-state index >= 15 is 0 Å². The highest BCUT2D eigenvalue weighted by Crippen LogP contribution is 1.80. The lowest BCUT2D eigenvalue weighted by molar-refractivity contribution is 0.803. The Bertz CT molecular complexity index is 142. The summed E-state index contributed by atoms with van der Waals surface area (Å²) in [7, 11) is 0. The molecule has 0 atom stereocenters. The zero-order valence-electron chi connectivity index (χ0n) is 3.67. The van der Waals surface area contributed by atoms with Crippen LogP contribution in [0.3, 0.4) is 0 Å². The molecule has 1 aromatic rings. The van der Waals surface area contributed by atoms with Crippen LogP contribution in [0.2, 0.25) is 0 Å². The van der Waals surface area contributed by atoms with E-state index in [4.69, 9.17) is 11.8 Å². The zero-order chi connectivity index (χ0) is 5.28. The van der Waals surface area contributed by atoms with Crippen molar-refractivity contribution in [3.63, 3.8) is 0 Å². The Kier molecular flexibility index (Phi) is 0.941. The second kappa shape index (κ2) is 1.46. The molecule has 0 saturated heterocycles. The molecule has 1 rings (SSSR count). The second-order valence-corrected chi connectivity index (χ2v) is 1.38. The van der Waals surface area contributed by atoms with Crippen molar-refractivity contribution in [2.75, 3.05) is 0 Å². The number of aromatic nitrogens is 4. The summed E-state index contributed by atoms with van der Waals surface area (Å²) >= 11 is 5.19. The fourth-order valence-electron chi connectivity index (χ4n) is 0.261. The van der Waals surface area contributed by atoms with Crippen molar-refractivity contribution in [1.82, 2.24) is 19.7 Å². The molecule has 38 valence electrons. The highest BCUT2D eigenvalue weighted by molar-refractivity contribution is 6.13. The van der Waals surface area contributed by atoms with Crippen molar-refractivity contribution in [3.05, 3.63) is 5.82 Å². The van der Waals surface area contributed by atoms with E-state index in [0.717, 1.165) is 4.32 Å². The molecule has 0 unspecified atom stereocenters. The van der Waals surface area contributed by atoms with Gasteiger partial charge < -0.3 is 0 Å². The standard InChI is InChI=1S/C2H3ClN4/c1-2-4-6-7(3)5-2/h1H3. The largest absolute Gasteiger partial charge is 0.173 e. The van der Waals surface area contributed by atoms with Crippen molar-refractivity contribution in [2.24, 2.45) is 0 Å². The fourth-order valence-corrected chi connectivity index (χ4v) is 0.404. The number of rotatable bonds is 0. The minimum absolute atomic E-state index is 0.579. The van der Waals surface area contributed by atoms with E-state index < -0.39 is 0 Å². The molecule has 0 spiro atoms. The van der Waals surface area contributed by atoms with Crippen LogP contribution in [0.25, 0.3) is 0 Å². The van der Waals surface area contributed by atoms with Gasteiger partial charge in [-0.15, -0.1) is 10.2 Å². The maximum Gasteiger partial charge on any atom is 0.173 e. The predicted molar refractivity (Wildman–Crippen MR) is 23.8 cm³/mol. The molecule has 1 heterocycles. The van der Waals surface area contributed by atoms with Gasteiger partial charge in [0.05, 0.1) is 11.8 Å². The Morgan fingerprint density at radius 2 is 2.43 bits per heavy atom.